The summed E-state index contributed by atoms with van der Waals surface area (Å²) in [5.41, 5.74) is -4.43. The molecule has 1 aromatic heterocycles. The third-order valence-corrected chi connectivity index (χ3v) is 11.6. The smallest absolute Gasteiger partial charge is 0.260 e. The molecule has 1 fully saturated rings. The van der Waals surface area contributed by atoms with Crippen molar-refractivity contribution in [2.75, 3.05) is 51.3 Å². The standard InChI is InChI=1S/C39H32Cl2N4O10/c1-54-24-16-23(46)26-27(32(24)47)34(49)29-28(33(26)48)36(51)39(37(29)52)7-6-21-30(39)35(50)25-22(31(21)41)15-19(43-38(25)53)17-42-55-13-3-8-44-9-11-45(12-10-44)20-5-2-4-18(40)14-20/h2,4-5,14-17,48-50H,3,6-13H2,1H3,(H,43,53)/t39-/m0/s1. The average molecular weight is 788 g/mol. The molecule has 0 saturated carbocycles. The Labute approximate surface area is 322 Å². The SMILES string of the molecule is COC1=CC(=O)c2c(O)c3c(c(O)c2C1=O)C(=O)[C@]1(CCc2c1c(O)c1c(=O)[nH]c(C=NOCCCN4CCN(c5cccc(Cl)c5)CC4)cc1c2Cl)C3=O. The Morgan fingerprint density at radius 1 is 0.927 bits per heavy atom. The lowest BCUT2D eigenvalue weighted by Gasteiger charge is -2.36. The molecule has 1 saturated heterocycles. The highest BCUT2D eigenvalue weighted by Gasteiger charge is 2.62. The number of hydrogen-bond donors (Lipinski definition) is 4. The van der Waals surface area contributed by atoms with E-state index in [1.165, 1.54) is 12.3 Å². The molecule has 0 amide bonds. The number of allylic oxidation sites excluding steroid dienone is 2. The normalized spacial score (nSPS) is 19.4. The number of methoxy groups -OCH3 is 1. The number of rotatable bonds is 8. The van der Waals surface area contributed by atoms with E-state index in [1.807, 2.05) is 24.3 Å². The number of phenolic OH excluding ortho intramolecular Hbond substituents is 3. The van der Waals surface area contributed by atoms with Crippen molar-refractivity contribution in [1.82, 2.24) is 9.88 Å². The Bertz CT molecular complexity index is 2520. The fourth-order valence-electron chi connectivity index (χ4n) is 8.27. The summed E-state index contributed by atoms with van der Waals surface area (Å²) in [7, 11) is 1.13. The summed E-state index contributed by atoms with van der Waals surface area (Å²) < 4.78 is 4.94. The van der Waals surface area contributed by atoms with Crippen molar-refractivity contribution >= 4 is 69.0 Å². The number of benzene rings is 3. The van der Waals surface area contributed by atoms with Gasteiger partial charge in [-0.15, -0.1) is 0 Å². The monoisotopic (exact) mass is 786 g/mol. The summed E-state index contributed by atoms with van der Waals surface area (Å²) in [6.07, 6.45) is 2.57. The van der Waals surface area contributed by atoms with E-state index in [2.05, 4.69) is 19.9 Å². The number of piperazine rings is 1. The highest BCUT2D eigenvalue weighted by atomic mass is 35.5. The predicted molar refractivity (Wildman–Crippen MR) is 202 cm³/mol. The van der Waals surface area contributed by atoms with Gasteiger partial charge in [0.1, 0.15) is 29.3 Å². The molecule has 0 bridgehead atoms. The second-order valence-electron chi connectivity index (χ2n) is 13.8. The minimum Gasteiger partial charge on any atom is -0.507 e. The lowest BCUT2D eigenvalue weighted by Crippen LogP contribution is -2.46. The van der Waals surface area contributed by atoms with Crippen LogP contribution >= 0.6 is 23.2 Å². The van der Waals surface area contributed by atoms with E-state index in [1.54, 1.807) is 0 Å². The number of fused-ring (bicyclic) bond motifs is 5. The number of aromatic amines is 1. The molecule has 2 heterocycles. The number of nitrogens with one attached hydrogen (secondary N) is 1. The molecular weight excluding hydrogens is 755 g/mol. The average Bonchev–Trinajstić information content (AvgIpc) is 3.68. The van der Waals surface area contributed by atoms with E-state index in [9.17, 15) is 39.3 Å². The van der Waals surface area contributed by atoms with Crippen molar-refractivity contribution in [3.05, 3.63) is 102 Å². The lowest BCUT2D eigenvalue weighted by molar-refractivity contribution is 0.0790. The van der Waals surface area contributed by atoms with Crippen LogP contribution in [0, 0.1) is 0 Å². The number of hydrogen-bond acceptors (Lipinski definition) is 13. The summed E-state index contributed by atoms with van der Waals surface area (Å²) in [6, 6.07) is 9.29. The molecular formula is C39H32Cl2N4O10. The number of ketones is 4. The largest absolute Gasteiger partial charge is 0.507 e. The molecule has 0 radical (unpaired) electrons. The van der Waals surface area contributed by atoms with Crippen LogP contribution in [-0.4, -0.2) is 101 Å². The second-order valence-corrected chi connectivity index (χ2v) is 14.6. The van der Waals surface area contributed by atoms with Crippen molar-refractivity contribution in [2.45, 2.75) is 24.7 Å². The van der Waals surface area contributed by atoms with Crippen LogP contribution in [0.4, 0.5) is 5.69 Å². The van der Waals surface area contributed by atoms with Crippen molar-refractivity contribution < 1.29 is 44.1 Å². The molecule has 1 atom stereocenters. The molecule has 4 N–H and O–H groups in total. The van der Waals surface area contributed by atoms with Crippen LogP contribution in [-0.2, 0) is 21.4 Å². The first-order chi connectivity index (χ1) is 26.4. The number of carbonyl (C=O) groups excluding carboxylic acids is 4. The Morgan fingerprint density at radius 2 is 1.64 bits per heavy atom. The first-order valence-corrected chi connectivity index (χ1v) is 18.2. The van der Waals surface area contributed by atoms with Gasteiger partial charge in [0.2, 0.25) is 5.78 Å². The van der Waals surface area contributed by atoms with Gasteiger partial charge >= 0.3 is 0 Å². The fourth-order valence-corrected chi connectivity index (χ4v) is 8.80. The third-order valence-electron chi connectivity index (χ3n) is 10.9. The van der Waals surface area contributed by atoms with Crippen LogP contribution in [0.15, 0.2) is 52.1 Å². The summed E-state index contributed by atoms with van der Waals surface area (Å²) in [4.78, 5) is 80.7. The summed E-state index contributed by atoms with van der Waals surface area (Å²) >= 11 is 13.0. The predicted octanol–water partition coefficient (Wildman–Crippen LogP) is 4.69. The Balaban J connectivity index is 1.01. The van der Waals surface area contributed by atoms with E-state index in [0.717, 1.165) is 51.6 Å². The highest BCUT2D eigenvalue weighted by molar-refractivity contribution is 6.41. The molecule has 3 aromatic carbocycles. The third kappa shape index (κ3) is 5.49. The van der Waals surface area contributed by atoms with Crippen LogP contribution in [0.2, 0.25) is 10.0 Å². The molecule has 14 nitrogen and oxygen atoms in total. The molecule has 16 heteroatoms. The van der Waals surface area contributed by atoms with E-state index in [-0.39, 0.29) is 45.5 Å². The van der Waals surface area contributed by atoms with Crippen LogP contribution in [0.5, 0.6) is 17.2 Å². The van der Waals surface area contributed by atoms with Crippen molar-refractivity contribution in [2.24, 2.45) is 5.16 Å². The Hall–Kier alpha value is -5.70. The van der Waals surface area contributed by atoms with Crippen LogP contribution < -0.4 is 10.5 Å². The molecule has 282 valence electrons. The number of nitrogens with zero attached hydrogens (tertiary/aromatic N) is 3. The molecule has 0 unspecified atom stereocenters. The Morgan fingerprint density at radius 3 is 2.33 bits per heavy atom. The summed E-state index contributed by atoms with van der Waals surface area (Å²) in [6.45, 7) is 4.68. The highest BCUT2D eigenvalue weighted by Crippen LogP contribution is 2.58. The first kappa shape index (κ1) is 36.3. The molecule has 1 aliphatic heterocycles. The molecule has 55 heavy (non-hydrogen) atoms. The maximum atomic E-state index is 14.3. The number of carbonyl (C=O) groups is 4. The van der Waals surface area contributed by atoms with Gasteiger partial charge in [0, 0.05) is 60.5 Å². The van der Waals surface area contributed by atoms with Gasteiger partial charge in [0.25, 0.3) is 5.56 Å². The van der Waals surface area contributed by atoms with Gasteiger partial charge in [0.05, 0.1) is 51.7 Å². The first-order valence-electron chi connectivity index (χ1n) is 17.4. The van der Waals surface area contributed by atoms with Gasteiger partial charge in [-0.25, -0.2) is 0 Å². The van der Waals surface area contributed by atoms with Crippen LogP contribution in [0.25, 0.3) is 10.8 Å². The topological polar surface area (TPSA) is 199 Å². The number of ether oxygens (including phenoxy) is 1. The molecule has 4 aromatic rings. The molecule has 1 spiro atoms. The van der Waals surface area contributed by atoms with E-state index < -0.39 is 79.4 Å². The van der Waals surface area contributed by atoms with E-state index >= 15 is 0 Å². The van der Waals surface area contributed by atoms with E-state index in [4.69, 9.17) is 32.8 Å². The van der Waals surface area contributed by atoms with E-state index in [0.29, 0.717) is 18.1 Å². The fraction of sp³-hybridized carbons (Fsp3) is 0.282. The van der Waals surface area contributed by atoms with Crippen molar-refractivity contribution in [1.29, 1.82) is 0 Å². The van der Waals surface area contributed by atoms with Gasteiger partial charge in [0.15, 0.2) is 23.1 Å². The van der Waals surface area contributed by atoms with Crippen LogP contribution in [0.3, 0.4) is 0 Å². The number of oxime groups is 1. The lowest BCUT2D eigenvalue weighted by atomic mass is 9.76. The van der Waals surface area contributed by atoms with Crippen molar-refractivity contribution in [3.8, 4) is 17.2 Å². The maximum absolute atomic E-state index is 14.3. The van der Waals surface area contributed by atoms with Gasteiger partial charge in [-0.3, -0.25) is 28.9 Å². The van der Waals surface area contributed by atoms with Crippen molar-refractivity contribution in [3.63, 3.8) is 0 Å². The minimum absolute atomic E-state index is 0.000360. The van der Waals surface area contributed by atoms with Gasteiger partial charge in [-0.2, -0.15) is 0 Å². The number of pyridine rings is 1. The number of Topliss-reactive ketones (excluding diaryl/α,β-unsaturated/α-hetero) is 3. The summed E-state index contributed by atoms with van der Waals surface area (Å²) in [5.74, 6) is -7.01. The number of H-pyrrole nitrogens is 1. The van der Waals surface area contributed by atoms with Gasteiger partial charge in [-0.05, 0) is 49.1 Å². The minimum atomic E-state index is -2.22. The molecule has 8 rings (SSSR count). The molecule has 3 aliphatic carbocycles. The zero-order valence-corrected chi connectivity index (χ0v) is 30.7. The zero-order valence-electron chi connectivity index (χ0n) is 29.2. The van der Waals surface area contributed by atoms with Gasteiger partial charge in [-0.1, -0.05) is 34.4 Å². The quantitative estimate of drug-likeness (QED) is 0.0633. The number of halogens is 2. The van der Waals surface area contributed by atoms with Crippen LogP contribution in [0.1, 0.15) is 71.1 Å². The molecule has 4 aliphatic rings. The van der Waals surface area contributed by atoms with Gasteiger partial charge < -0.3 is 34.8 Å². The number of aromatic hydroxyl groups is 3. The summed E-state index contributed by atoms with van der Waals surface area (Å²) in [5, 5.41) is 38.6. The zero-order chi connectivity index (χ0) is 38.9. The number of anilines is 1. The maximum Gasteiger partial charge on any atom is 0.260 e. The second kappa shape index (κ2) is 13.6. The number of phenols is 3. The number of aromatic nitrogens is 1. The Kier molecular flexibility index (Phi) is 8.94.